The smallest absolute Gasteiger partial charge is 0.245 e. The van der Waals surface area contributed by atoms with Crippen LogP contribution < -0.4 is 5.32 Å². The van der Waals surface area contributed by atoms with E-state index in [4.69, 9.17) is 11.6 Å². The molecule has 5 rings (SSSR count). The summed E-state index contributed by atoms with van der Waals surface area (Å²) in [6, 6.07) is 16.6. The molecule has 2 heterocycles. The van der Waals surface area contributed by atoms with Crippen LogP contribution in [0.4, 0.5) is 10.1 Å². The monoisotopic (exact) mass is 598 g/mol. The summed E-state index contributed by atoms with van der Waals surface area (Å²) >= 11 is 6.26. The third kappa shape index (κ3) is 6.29. The quantitative estimate of drug-likeness (QED) is 0.207. The average Bonchev–Trinajstić information content (AvgIpc) is 3.35. The number of nitrogens with one attached hydrogen (secondary N) is 1. The predicted molar refractivity (Wildman–Crippen MR) is 163 cm³/mol. The Bertz CT molecular complexity index is 1840. The number of hydrogen-bond donors (Lipinski definition) is 1. The summed E-state index contributed by atoms with van der Waals surface area (Å²) in [7, 11) is 0. The molecular weight excluding hydrogens is 571 g/mol. The molecule has 0 bridgehead atoms. The van der Waals surface area contributed by atoms with E-state index in [2.05, 4.69) is 20.4 Å². The second kappa shape index (κ2) is 12.5. The lowest BCUT2D eigenvalue weighted by Gasteiger charge is -2.26. The minimum Gasteiger partial charge on any atom is -0.329 e. The van der Waals surface area contributed by atoms with E-state index >= 15 is 4.39 Å². The molecule has 0 aliphatic carbocycles. The van der Waals surface area contributed by atoms with Gasteiger partial charge < -0.3 is 10.2 Å². The van der Waals surface area contributed by atoms with Crippen LogP contribution in [0.25, 0.3) is 33.2 Å². The van der Waals surface area contributed by atoms with Gasteiger partial charge in [0.15, 0.2) is 11.6 Å². The molecule has 2 amide bonds. The maximum absolute atomic E-state index is 15.4. The second-order valence-electron chi connectivity index (χ2n) is 10.2. The fourth-order valence-corrected chi connectivity index (χ4v) is 5.06. The molecule has 1 N–H and O–H groups in total. The molecule has 0 radical (unpaired) electrons. The maximum Gasteiger partial charge on any atom is 0.245 e. The highest BCUT2D eigenvalue weighted by Gasteiger charge is 2.24. The number of amides is 2. The summed E-state index contributed by atoms with van der Waals surface area (Å²) in [6.07, 6.45) is 4.77. The van der Waals surface area contributed by atoms with Crippen molar-refractivity contribution in [2.24, 2.45) is 0 Å². The molecule has 0 saturated carbocycles. The number of fused-ring (bicyclic) bond motifs is 1. The van der Waals surface area contributed by atoms with E-state index in [1.54, 1.807) is 68.7 Å². The Balaban J connectivity index is 1.36. The summed E-state index contributed by atoms with van der Waals surface area (Å²) in [5, 5.41) is 7.99. The highest BCUT2D eigenvalue weighted by molar-refractivity contribution is 6.33. The largest absolute Gasteiger partial charge is 0.329 e. The zero-order chi connectivity index (χ0) is 30.7. The molecule has 11 heteroatoms. The van der Waals surface area contributed by atoms with Gasteiger partial charge in [-0.15, -0.1) is 0 Å². The summed E-state index contributed by atoms with van der Waals surface area (Å²) in [6.45, 7) is 4.44. The van der Waals surface area contributed by atoms with Crippen LogP contribution in [0.15, 0.2) is 79.4 Å². The Labute approximate surface area is 252 Å². The lowest BCUT2D eigenvalue weighted by atomic mass is 10.0. The van der Waals surface area contributed by atoms with Gasteiger partial charge in [-0.05, 0) is 43.7 Å². The van der Waals surface area contributed by atoms with Gasteiger partial charge in [0.2, 0.25) is 11.8 Å². The SMILES string of the molecule is CC(=O)c1nn(CC(=O)N(CC(=O)Nc2cccc(-c3ccccc3Cl)c2F)C(C)C)c2ccc(-c3cncnc3)cc12. The van der Waals surface area contributed by atoms with Crippen molar-refractivity contribution in [2.45, 2.75) is 33.4 Å². The van der Waals surface area contributed by atoms with Crippen molar-refractivity contribution < 1.29 is 18.8 Å². The van der Waals surface area contributed by atoms with Crippen LogP contribution >= 0.6 is 11.6 Å². The molecule has 0 spiro atoms. The van der Waals surface area contributed by atoms with Crippen molar-refractivity contribution in [1.82, 2.24) is 24.6 Å². The molecule has 3 aromatic carbocycles. The van der Waals surface area contributed by atoms with Gasteiger partial charge in [-0.2, -0.15) is 5.10 Å². The first-order valence-electron chi connectivity index (χ1n) is 13.5. The number of nitrogens with zero attached hydrogens (tertiary/aromatic N) is 5. The number of benzene rings is 3. The van der Waals surface area contributed by atoms with E-state index in [-0.39, 0.29) is 41.9 Å². The number of carbonyl (C=O) groups excluding carboxylic acids is 3. The van der Waals surface area contributed by atoms with Crippen molar-refractivity contribution >= 4 is 45.8 Å². The van der Waals surface area contributed by atoms with Crippen molar-refractivity contribution in [3.63, 3.8) is 0 Å². The van der Waals surface area contributed by atoms with Crippen LogP contribution in [-0.4, -0.2) is 54.8 Å². The van der Waals surface area contributed by atoms with Gasteiger partial charge in [-0.1, -0.05) is 48.0 Å². The highest BCUT2D eigenvalue weighted by atomic mass is 35.5. The normalized spacial score (nSPS) is 11.1. The molecule has 0 atom stereocenters. The van der Waals surface area contributed by atoms with E-state index in [1.807, 2.05) is 12.1 Å². The van der Waals surface area contributed by atoms with Crippen LogP contribution in [0.2, 0.25) is 5.02 Å². The first-order valence-corrected chi connectivity index (χ1v) is 13.9. The maximum atomic E-state index is 15.4. The third-order valence-electron chi connectivity index (χ3n) is 6.96. The Hall–Kier alpha value is -4.96. The van der Waals surface area contributed by atoms with Crippen LogP contribution in [0.5, 0.6) is 0 Å². The molecule has 218 valence electrons. The Morgan fingerprint density at radius 1 is 0.977 bits per heavy atom. The molecule has 0 aliphatic rings. The number of ketones is 1. The van der Waals surface area contributed by atoms with Crippen LogP contribution in [0.1, 0.15) is 31.3 Å². The third-order valence-corrected chi connectivity index (χ3v) is 7.29. The number of halogens is 2. The van der Waals surface area contributed by atoms with Crippen molar-refractivity contribution in [2.75, 3.05) is 11.9 Å². The van der Waals surface area contributed by atoms with Crippen molar-refractivity contribution in [1.29, 1.82) is 0 Å². The molecule has 0 fully saturated rings. The Morgan fingerprint density at radius 2 is 1.70 bits per heavy atom. The number of Topliss-reactive ketones (excluding diaryl/α,β-unsaturated/α-hetero) is 1. The summed E-state index contributed by atoms with van der Waals surface area (Å²) in [5.41, 5.74) is 3.10. The molecule has 2 aromatic heterocycles. The lowest BCUT2D eigenvalue weighted by molar-refractivity contribution is -0.137. The van der Waals surface area contributed by atoms with Crippen LogP contribution in [0, 0.1) is 5.82 Å². The number of aromatic nitrogens is 4. The zero-order valence-corrected chi connectivity index (χ0v) is 24.5. The minimum atomic E-state index is -0.632. The van der Waals surface area contributed by atoms with Crippen LogP contribution in [0.3, 0.4) is 0 Å². The van der Waals surface area contributed by atoms with E-state index in [1.165, 1.54) is 28.9 Å². The van der Waals surface area contributed by atoms with E-state index in [9.17, 15) is 14.4 Å². The molecule has 9 nitrogen and oxygen atoms in total. The van der Waals surface area contributed by atoms with Gasteiger partial charge in [-0.3, -0.25) is 19.1 Å². The molecule has 0 saturated heterocycles. The number of hydrogen-bond acceptors (Lipinski definition) is 6. The Morgan fingerprint density at radius 3 is 2.40 bits per heavy atom. The standard InChI is InChI=1S/C32H28ClFN6O3/c1-19(2)39(16-29(42)37-27-10-6-8-24(31(27)34)23-7-4-5-9-26(23)33)30(43)17-40-28-12-11-21(22-14-35-18-36-15-22)13-25(28)32(38-40)20(3)41/h4-15,18-19H,16-17H2,1-3H3,(H,37,42). The van der Waals surface area contributed by atoms with Gasteiger partial charge in [-0.25, -0.2) is 14.4 Å². The molecule has 5 aromatic rings. The molecular formula is C32H28ClFN6O3. The predicted octanol–water partition coefficient (Wildman–Crippen LogP) is 6.03. The average molecular weight is 599 g/mol. The minimum absolute atomic E-state index is 0.0256. The van der Waals surface area contributed by atoms with Gasteiger partial charge in [0, 0.05) is 52.5 Å². The topological polar surface area (TPSA) is 110 Å². The first-order chi connectivity index (χ1) is 20.6. The number of anilines is 1. The van der Waals surface area contributed by atoms with Gasteiger partial charge in [0.1, 0.15) is 25.1 Å². The van der Waals surface area contributed by atoms with Gasteiger partial charge in [0.25, 0.3) is 0 Å². The zero-order valence-electron chi connectivity index (χ0n) is 23.7. The van der Waals surface area contributed by atoms with Gasteiger partial charge >= 0.3 is 0 Å². The molecule has 0 aliphatic heterocycles. The number of carbonyl (C=O) groups is 3. The summed E-state index contributed by atoms with van der Waals surface area (Å²) in [5.74, 6) is -1.84. The van der Waals surface area contributed by atoms with E-state index in [0.717, 1.165) is 11.1 Å². The summed E-state index contributed by atoms with van der Waals surface area (Å²) in [4.78, 5) is 48.5. The second-order valence-corrected chi connectivity index (χ2v) is 10.6. The van der Waals surface area contributed by atoms with Crippen molar-refractivity contribution in [3.8, 4) is 22.3 Å². The fraction of sp³-hybridized carbons (Fsp3) is 0.188. The van der Waals surface area contributed by atoms with Gasteiger partial charge in [0.05, 0.1) is 11.2 Å². The van der Waals surface area contributed by atoms with Crippen molar-refractivity contribution in [3.05, 3.63) is 95.9 Å². The first kappa shape index (κ1) is 29.5. The number of rotatable bonds is 9. The molecule has 43 heavy (non-hydrogen) atoms. The van der Waals surface area contributed by atoms with Crippen LogP contribution in [-0.2, 0) is 16.1 Å². The molecule has 0 unspecified atom stereocenters. The Kier molecular flexibility index (Phi) is 8.58. The lowest BCUT2D eigenvalue weighted by Crippen LogP contribution is -2.44. The highest BCUT2D eigenvalue weighted by Crippen LogP contribution is 2.32. The fourth-order valence-electron chi connectivity index (χ4n) is 4.83. The van der Waals surface area contributed by atoms with E-state index in [0.29, 0.717) is 21.5 Å². The van der Waals surface area contributed by atoms with E-state index < -0.39 is 17.6 Å². The summed E-state index contributed by atoms with van der Waals surface area (Å²) < 4.78 is 16.9.